The normalized spacial score (nSPS) is 23.1. The average Bonchev–Trinajstić information content (AvgIpc) is 2.26. The number of hydrogen-bond donors (Lipinski definition) is 1. The summed E-state index contributed by atoms with van der Waals surface area (Å²) in [6.45, 7) is 1.88. The smallest absolute Gasteiger partial charge is 0.315 e. The second kappa shape index (κ2) is 4.21. The number of nitrogens with zero attached hydrogens (tertiary/aromatic N) is 1. The van der Waals surface area contributed by atoms with Crippen molar-refractivity contribution < 1.29 is 19.5 Å². The second-order valence-corrected chi connectivity index (χ2v) is 3.43. The summed E-state index contributed by atoms with van der Waals surface area (Å²) in [4.78, 5) is 34.5. The van der Waals surface area contributed by atoms with Gasteiger partial charge >= 0.3 is 5.97 Å². The van der Waals surface area contributed by atoms with E-state index in [9.17, 15) is 14.4 Å². The van der Waals surface area contributed by atoms with Gasteiger partial charge < -0.3 is 10.0 Å². The molecule has 0 radical (unpaired) electrons. The molecule has 0 bridgehead atoms. The molecular weight excluding hydrogens is 186 g/mol. The number of Topliss-reactive ketones (excluding diaryl/α,β-unsaturated/α-hetero) is 1. The molecule has 1 amide bonds. The number of ketones is 1. The van der Waals surface area contributed by atoms with E-state index in [2.05, 4.69) is 0 Å². The van der Waals surface area contributed by atoms with Gasteiger partial charge in [-0.2, -0.15) is 0 Å². The summed E-state index contributed by atoms with van der Waals surface area (Å²) < 4.78 is 0. The van der Waals surface area contributed by atoms with E-state index < -0.39 is 11.9 Å². The highest BCUT2D eigenvalue weighted by Crippen LogP contribution is 2.13. The van der Waals surface area contributed by atoms with Crippen LogP contribution in [0, 0.1) is 5.92 Å². The lowest BCUT2D eigenvalue weighted by Gasteiger charge is -2.19. The molecule has 14 heavy (non-hydrogen) atoms. The molecule has 0 aromatic carbocycles. The van der Waals surface area contributed by atoms with Gasteiger partial charge in [0.1, 0.15) is 11.7 Å². The minimum atomic E-state index is -1.14. The van der Waals surface area contributed by atoms with Crippen LogP contribution in [0.4, 0.5) is 0 Å². The summed E-state index contributed by atoms with van der Waals surface area (Å²) in [7, 11) is 0. The zero-order valence-corrected chi connectivity index (χ0v) is 8.02. The lowest BCUT2D eigenvalue weighted by Crippen LogP contribution is -2.37. The van der Waals surface area contributed by atoms with Gasteiger partial charge in [0.2, 0.25) is 5.91 Å². The number of likely N-dealkylation sites (tertiary alicyclic amines) is 1. The maximum atomic E-state index is 11.3. The number of hydrogen-bond acceptors (Lipinski definition) is 3. The molecule has 1 fully saturated rings. The number of amides is 1. The van der Waals surface area contributed by atoms with Crippen LogP contribution in [-0.4, -0.2) is 40.8 Å². The topological polar surface area (TPSA) is 74.7 Å². The zero-order valence-electron chi connectivity index (χ0n) is 8.02. The third-order valence-corrected chi connectivity index (χ3v) is 2.39. The van der Waals surface area contributed by atoms with Gasteiger partial charge in [0.05, 0.1) is 0 Å². The van der Waals surface area contributed by atoms with Gasteiger partial charge in [0.25, 0.3) is 0 Å². The first kappa shape index (κ1) is 10.7. The number of carboxylic acid groups (broad SMARTS) is 1. The first-order valence-corrected chi connectivity index (χ1v) is 4.53. The summed E-state index contributed by atoms with van der Waals surface area (Å²) in [5.74, 6) is -2.63. The molecule has 5 heteroatoms. The lowest BCUT2D eigenvalue weighted by atomic mass is 10.0. The van der Waals surface area contributed by atoms with Gasteiger partial charge in [-0.15, -0.1) is 0 Å². The highest BCUT2D eigenvalue weighted by Gasteiger charge is 2.31. The fourth-order valence-electron chi connectivity index (χ4n) is 1.53. The maximum absolute atomic E-state index is 11.3. The molecule has 0 spiro atoms. The quantitative estimate of drug-likeness (QED) is 0.598. The van der Waals surface area contributed by atoms with Crippen molar-refractivity contribution in [2.24, 2.45) is 5.92 Å². The first-order chi connectivity index (χ1) is 6.52. The van der Waals surface area contributed by atoms with Crippen LogP contribution in [0.2, 0.25) is 0 Å². The van der Waals surface area contributed by atoms with Crippen LogP contribution < -0.4 is 0 Å². The third-order valence-electron chi connectivity index (χ3n) is 2.39. The molecule has 1 N–H and O–H groups in total. The van der Waals surface area contributed by atoms with E-state index in [0.717, 1.165) is 0 Å². The Morgan fingerprint density at radius 3 is 2.64 bits per heavy atom. The number of carbonyl (C=O) groups excluding carboxylic acids is 2. The summed E-state index contributed by atoms with van der Waals surface area (Å²) in [6, 6.07) is 0. The zero-order chi connectivity index (χ0) is 10.7. The molecule has 1 heterocycles. The minimum absolute atomic E-state index is 0.0174. The van der Waals surface area contributed by atoms with Crippen LogP contribution in [0.25, 0.3) is 0 Å². The summed E-state index contributed by atoms with van der Waals surface area (Å²) in [5.41, 5.74) is 0. The highest BCUT2D eigenvalue weighted by molar-refractivity contribution is 5.99. The van der Waals surface area contributed by atoms with E-state index in [-0.39, 0.29) is 24.7 Å². The Bertz CT molecular complexity index is 274. The molecule has 1 atom stereocenters. The Labute approximate surface area is 81.7 Å². The van der Waals surface area contributed by atoms with E-state index in [0.29, 0.717) is 13.0 Å². The molecule has 5 nitrogen and oxygen atoms in total. The predicted octanol–water partition coefficient (Wildman–Crippen LogP) is -0.101. The van der Waals surface area contributed by atoms with E-state index in [1.54, 1.807) is 0 Å². The summed E-state index contributed by atoms with van der Waals surface area (Å²) in [6.07, 6.45) is 0.808. The van der Waals surface area contributed by atoms with Gasteiger partial charge in [0.15, 0.2) is 0 Å². The van der Waals surface area contributed by atoms with Crippen LogP contribution in [0.5, 0.6) is 0 Å². The van der Waals surface area contributed by atoms with Crippen LogP contribution in [0.15, 0.2) is 0 Å². The van der Waals surface area contributed by atoms with Crippen LogP contribution in [-0.2, 0) is 14.4 Å². The van der Waals surface area contributed by atoms with Crippen LogP contribution in [0.3, 0.4) is 0 Å². The summed E-state index contributed by atoms with van der Waals surface area (Å²) in [5, 5.41) is 8.77. The molecule has 78 valence electrons. The van der Waals surface area contributed by atoms with Crippen molar-refractivity contribution in [2.45, 2.75) is 19.8 Å². The lowest BCUT2D eigenvalue weighted by molar-refractivity contribution is -0.147. The first-order valence-electron chi connectivity index (χ1n) is 4.53. The van der Waals surface area contributed by atoms with Crippen molar-refractivity contribution in [2.75, 3.05) is 13.1 Å². The van der Waals surface area contributed by atoms with Crippen molar-refractivity contribution in [1.82, 2.24) is 4.90 Å². The SMILES string of the molecule is CC(=O)N1CCCC(=O)C(C(=O)O)C1. The third kappa shape index (κ3) is 2.31. The molecule has 1 saturated heterocycles. The Morgan fingerprint density at radius 1 is 1.50 bits per heavy atom. The molecule has 0 aliphatic carbocycles. The Balaban J connectivity index is 2.77. The number of carboxylic acids is 1. The molecule has 0 saturated carbocycles. The fourth-order valence-corrected chi connectivity index (χ4v) is 1.53. The Kier molecular flexibility index (Phi) is 3.22. The van der Waals surface area contributed by atoms with Crippen molar-refractivity contribution in [3.8, 4) is 0 Å². The van der Waals surface area contributed by atoms with Crippen LogP contribution in [0.1, 0.15) is 19.8 Å². The molecule has 1 rings (SSSR count). The average molecular weight is 199 g/mol. The van der Waals surface area contributed by atoms with Gasteiger partial charge in [-0.3, -0.25) is 14.4 Å². The van der Waals surface area contributed by atoms with Gasteiger partial charge in [-0.05, 0) is 6.42 Å². The van der Waals surface area contributed by atoms with E-state index in [4.69, 9.17) is 5.11 Å². The van der Waals surface area contributed by atoms with E-state index in [1.165, 1.54) is 11.8 Å². The highest BCUT2D eigenvalue weighted by atomic mass is 16.4. The van der Waals surface area contributed by atoms with Crippen molar-refractivity contribution >= 4 is 17.7 Å². The monoisotopic (exact) mass is 199 g/mol. The Morgan fingerprint density at radius 2 is 2.14 bits per heavy atom. The molecule has 1 unspecified atom stereocenters. The molecule has 0 aromatic heterocycles. The van der Waals surface area contributed by atoms with Crippen molar-refractivity contribution in [3.63, 3.8) is 0 Å². The molecule has 1 aliphatic heterocycles. The minimum Gasteiger partial charge on any atom is -0.481 e. The summed E-state index contributed by atoms with van der Waals surface area (Å²) >= 11 is 0. The van der Waals surface area contributed by atoms with Crippen molar-refractivity contribution in [3.05, 3.63) is 0 Å². The molecule has 0 aromatic rings. The largest absolute Gasteiger partial charge is 0.481 e. The van der Waals surface area contributed by atoms with Gasteiger partial charge in [-0.25, -0.2) is 0 Å². The fraction of sp³-hybridized carbons (Fsp3) is 0.667. The van der Waals surface area contributed by atoms with Crippen LogP contribution >= 0.6 is 0 Å². The van der Waals surface area contributed by atoms with Gasteiger partial charge in [0, 0.05) is 26.4 Å². The van der Waals surface area contributed by atoms with Crippen molar-refractivity contribution in [1.29, 1.82) is 0 Å². The van der Waals surface area contributed by atoms with Gasteiger partial charge in [-0.1, -0.05) is 0 Å². The predicted molar refractivity (Wildman–Crippen MR) is 47.6 cm³/mol. The number of carbonyl (C=O) groups is 3. The molecular formula is C9H13NO4. The standard InChI is InChI=1S/C9H13NO4/c1-6(11)10-4-2-3-8(12)7(5-10)9(13)14/h7H,2-5H2,1H3,(H,13,14). The Hall–Kier alpha value is -1.39. The number of aliphatic carboxylic acids is 1. The second-order valence-electron chi connectivity index (χ2n) is 3.43. The number of rotatable bonds is 1. The van der Waals surface area contributed by atoms with E-state index >= 15 is 0 Å². The maximum Gasteiger partial charge on any atom is 0.315 e. The van der Waals surface area contributed by atoms with E-state index in [1.807, 2.05) is 0 Å². The molecule has 1 aliphatic rings.